The van der Waals surface area contributed by atoms with Crippen molar-refractivity contribution in [2.45, 2.75) is 6.42 Å². The quantitative estimate of drug-likeness (QED) is 0.788. The molecule has 1 aliphatic heterocycles. The van der Waals surface area contributed by atoms with E-state index < -0.39 is 0 Å². The van der Waals surface area contributed by atoms with Crippen LogP contribution in [-0.2, 0) is 0 Å². The normalized spacial score (nSPS) is 15.4. The van der Waals surface area contributed by atoms with E-state index in [2.05, 4.69) is 42.3 Å². The highest BCUT2D eigenvalue weighted by atomic mass is 32.1. The van der Waals surface area contributed by atoms with Gasteiger partial charge in [-0.1, -0.05) is 30.4 Å². The minimum Gasteiger partial charge on any atom is -0.508 e. The fourth-order valence-corrected chi connectivity index (χ4v) is 3.60. The maximum absolute atomic E-state index is 9.43. The second-order valence-electron chi connectivity index (χ2n) is 6.00. The minimum atomic E-state index is 0.201. The lowest BCUT2D eigenvalue weighted by Crippen LogP contribution is -2.27. The number of fused-ring (bicyclic) bond motifs is 2. The fourth-order valence-electron chi connectivity index (χ4n) is 3.27. The number of ether oxygens (including phenoxy) is 1. The van der Waals surface area contributed by atoms with Gasteiger partial charge in [0.15, 0.2) is 5.05 Å². The molecule has 2 aromatic rings. The molecule has 0 amide bonds. The first-order chi connectivity index (χ1) is 12.1. The van der Waals surface area contributed by atoms with E-state index in [9.17, 15) is 5.11 Å². The minimum absolute atomic E-state index is 0.201. The van der Waals surface area contributed by atoms with Crippen LogP contribution in [0, 0.1) is 0 Å². The molecule has 4 rings (SSSR count). The van der Waals surface area contributed by atoms with E-state index in [1.54, 1.807) is 24.3 Å². The number of phenols is 1. The van der Waals surface area contributed by atoms with Gasteiger partial charge >= 0.3 is 0 Å². The molecule has 124 valence electrons. The van der Waals surface area contributed by atoms with Crippen molar-refractivity contribution in [3.05, 3.63) is 83.6 Å². The van der Waals surface area contributed by atoms with Gasteiger partial charge in [0.25, 0.3) is 0 Å². The summed E-state index contributed by atoms with van der Waals surface area (Å²) in [5, 5.41) is 9.88. The van der Waals surface area contributed by atoms with Crippen LogP contribution in [-0.4, -0.2) is 17.2 Å². The lowest BCUT2D eigenvalue weighted by molar-refractivity contribution is 0.473. The number of thiocarbonyl (C=S) groups is 1. The van der Waals surface area contributed by atoms with Gasteiger partial charge in [0.2, 0.25) is 0 Å². The Morgan fingerprint density at radius 2 is 1.88 bits per heavy atom. The lowest BCUT2D eigenvalue weighted by Gasteiger charge is -2.34. The maximum Gasteiger partial charge on any atom is 0.199 e. The Morgan fingerprint density at radius 1 is 1.12 bits per heavy atom. The van der Waals surface area contributed by atoms with Gasteiger partial charge < -0.3 is 14.7 Å². The molecule has 1 N–H and O–H groups in total. The third-order valence-electron chi connectivity index (χ3n) is 4.47. The second-order valence-corrected chi connectivity index (χ2v) is 6.37. The molecule has 0 saturated carbocycles. The van der Waals surface area contributed by atoms with Crippen LogP contribution in [0.4, 0.5) is 5.69 Å². The van der Waals surface area contributed by atoms with Gasteiger partial charge in [0.05, 0.1) is 0 Å². The van der Waals surface area contributed by atoms with Crippen LogP contribution >= 0.6 is 12.2 Å². The molecule has 0 atom stereocenters. The Kier molecular flexibility index (Phi) is 3.90. The largest absolute Gasteiger partial charge is 0.508 e. The molecule has 0 fully saturated rings. The third-order valence-corrected chi connectivity index (χ3v) is 4.76. The van der Waals surface area contributed by atoms with Gasteiger partial charge in [0.1, 0.15) is 11.5 Å². The number of rotatable bonds is 2. The van der Waals surface area contributed by atoms with Crippen molar-refractivity contribution in [1.29, 1.82) is 0 Å². The van der Waals surface area contributed by atoms with E-state index in [-0.39, 0.29) is 5.75 Å². The van der Waals surface area contributed by atoms with Crippen molar-refractivity contribution in [2.24, 2.45) is 0 Å². The Balaban J connectivity index is 1.80. The summed E-state index contributed by atoms with van der Waals surface area (Å²) in [7, 11) is 2.07. The Labute approximate surface area is 152 Å². The molecule has 3 nitrogen and oxygen atoms in total. The van der Waals surface area contributed by atoms with Crippen LogP contribution in [0.2, 0.25) is 0 Å². The van der Waals surface area contributed by atoms with Gasteiger partial charge in [-0.2, -0.15) is 0 Å². The molecule has 0 aromatic heterocycles. The monoisotopic (exact) mass is 347 g/mol. The number of hydrogen-bond donors (Lipinski definition) is 1. The van der Waals surface area contributed by atoms with Gasteiger partial charge in [-0.15, -0.1) is 0 Å². The summed E-state index contributed by atoms with van der Waals surface area (Å²) in [5.74, 6) is 0.816. The summed E-state index contributed by atoms with van der Waals surface area (Å²) in [6.45, 7) is 0. The number of allylic oxidation sites excluding steroid dienone is 4. The highest BCUT2D eigenvalue weighted by molar-refractivity contribution is 7.81. The zero-order chi connectivity index (χ0) is 17.4. The van der Waals surface area contributed by atoms with Crippen molar-refractivity contribution in [3.63, 3.8) is 0 Å². The van der Waals surface area contributed by atoms with Crippen LogP contribution in [0.1, 0.15) is 12.0 Å². The van der Waals surface area contributed by atoms with Gasteiger partial charge in [-0.25, -0.2) is 0 Å². The molecule has 0 radical (unpaired) electrons. The van der Waals surface area contributed by atoms with E-state index in [0.29, 0.717) is 10.8 Å². The molecule has 1 heterocycles. The predicted octanol–water partition coefficient (Wildman–Crippen LogP) is 4.85. The molecule has 2 aromatic carbocycles. The number of anilines is 1. The number of aromatic hydroxyl groups is 1. The van der Waals surface area contributed by atoms with E-state index >= 15 is 0 Å². The number of para-hydroxylation sites is 1. The number of benzene rings is 2. The van der Waals surface area contributed by atoms with Gasteiger partial charge in [0, 0.05) is 29.6 Å². The van der Waals surface area contributed by atoms with Crippen LogP contribution in [0.5, 0.6) is 11.5 Å². The number of phenolic OH excluding ortho intramolecular Hbond substituents is 1. The molecule has 4 heteroatoms. The highest BCUT2D eigenvalue weighted by Crippen LogP contribution is 2.42. The molecule has 25 heavy (non-hydrogen) atoms. The first kappa shape index (κ1) is 15.7. The van der Waals surface area contributed by atoms with Crippen molar-refractivity contribution >= 4 is 28.5 Å². The number of likely N-dealkylation sites (N-methyl/N-ethyl adjacent to an activating group) is 1. The van der Waals surface area contributed by atoms with Crippen molar-refractivity contribution in [3.8, 4) is 11.5 Å². The molecule has 0 spiro atoms. The van der Waals surface area contributed by atoms with E-state index in [1.807, 2.05) is 12.1 Å². The number of hydrogen-bond acceptors (Lipinski definition) is 4. The Hall–Kier alpha value is -2.85. The average molecular weight is 347 g/mol. The molecular formula is C21H17NO2S. The van der Waals surface area contributed by atoms with E-state index in [4.69, 9.17) is 17.0 Å². The van der Waals surface area contributed by atoms with Crippen LogP contribution in [0.25, 0.3) is 5.57 Å². The SMILES string of the molecule is CN1C2=CC=CCC2=C(C(=S)Oc2ccc(O)cc2)c2ccccc21. The summed E-state index contributed by atoms with van der Waals surface area (Å²) in [6, 6.07) is 14.8. The zero-order valence-corrected chi connectivity index (χ0v) is 14.6. The fraction of sp³-hybridized carbons (Fsp3) is 0.0952. The molecule has 0 saturated heterocycles. The molecule has 2 aliphatic rings. The summed E-state index contributed by atoms with van der Waals surface area (Å²) >= 11 is 5.66. The number of nitrogens with zero attached hydrogens (tertiary/aromatic N) is 1. The summed E-state index contributed by atoms with van der Waals surface area (Å²) in [6.07, 6.45) is 7.13. The second kappa shape index (κ2) is 6.22. The molecular weight excluding hydrogens is 330 g/mol. The van der Waals surface area contributed by atoms with Gasteiger partial charge in [-0.05, 0) is 60.6 Å². The van der Waals surface area contributed by atoms with Crippen molar-refractivity contribution in [2.75, 3.05) is 11.9 Å². The first-order valence-corrected chi connectivity index (χ1v) is 8.50. The zero-order valence-electron chi connectivity index (χ0n) is 13.8. The topological polar surface area (TPSA) is 32.7 Å². The van der Waals surface area contributed by atoms with Crippen molar-refractivity contribution < 1.29 is 9.84 Å². The maximum atomic E-state index is 9.43. The molecule has 0 bridgehead atoms. The van der Waals surface area contributed by atoms with E-state index in [0.717, 1.165) is 28.9 Å². The predicted molar refractivity (Wildman–Crippen MR) is 105 cm³/mol. The smallest absolute Gasteiger partial charge is 0.199 e. The van der Waals surface area contributed by atoms with Crippen molar-refractivity contribution in [1.82, 2.24) is 0 Å². The summed E-state index contributed by atoms with van der Waals surface area (Å²) in [5.41, 5.74) is 5.48. The third kappa shape index (κ3) is 2.75. The molecule has 1 aliphatic carbocycles. The average Bonchev–Trinajstić information content (AvgIpc) is 2.64. The Bertz CT molecular complexity index is 939. The summed E-state index contributed by atoms with van der Waals surface area (Å²) in [4.78, 5) is 2.20. The van der Waals surface area contributed by atoms with Crippen LogP contribution in [0.3, 0.4) is 0 Å². The summed E-state index contributed by atoms with van der Waals surface area (Å²) < 4.78 is 5.94. The standard InChI is InChI=1S/C21H17NO2S/c1-22-18-8-4-2-6-16(18)20(17-7-3-5-9-19(17)22)21(25)24-15-12-10-14(23)11-13-15/h2-6,8-13,23H,7H2,1H3. The van der Waals surface area contributed by atoms with Crippen LogP contribution < -0.4 is 9.64 Å². The van der Waals surface area contributed by atoms with Gasteiger partial charge in [-0.3, -0.25) is 0 Å². The highest BCUT2D eigenvalue weighted by Gasteiger charge is 2.29. The Morgan fingerprint density at radius 3 is 2.68 bits per heavy atom. The van der Waals surface area contributed by atoms with Crippen LogP contribution in [0.15, 0.2) is 78.0 Å². The van der Waals surface area contributed by atoms with E-state index in [1.165, 1.54) is 5.57 Å². The first-order valence-electron chi connectivity index (χ1n) is 8.10. The lowest BCUT2D eigenvalue weighted by atomic mass is 9.88. The molecule has 0 unspecified atom stereocenters.